The van der Waals surface area contributed by atoms with Crippen molar-refractivity contribution >= 4 is 27.8 Å². The fourth-order valence-corrected chi connectivity index (χ4v) is 2.21. The Morgan fingerprint density at radius 1 is 1.47 bits per heavy atom. The molecule has 0 spiro atoms. The zero-order valence-electron chi connectivity index (χ0n) is 9.57. The summed E-state index contributed by atoms with van der Waals surface area (Å²) in [5.41, 5.74) is 1.21. The summed E-state index contributed by atoms with van der Waals surface area (Å²) in [6.07, 6.45) is 0. The van der Waals surface area contributed by atoms with Crippen molar-refractivity contribution in [3.05, 3.63) is 41.5 Å². The van der Waals surface area contributed by atoms with E-state index < -0.39 is 5.97 Å². The van der Waals surface area contributed by atoms with Crippen LogP contribution >= 0.6 is 15.9 Å². The molecule has 0 aromatic heterocycles. The minimum Gasteiger partial charge on any atom is -0.462 e. The maximum Gasteiger partial charge on any atom is 0.344 e. The van der Waals surface area contributed by atoms with E-state index in [-0.39, 0.29) is 11.5 Å². The van der Waals surface area contributed by atoms with E-state index in [9.17, 15) is 4.79 Å². The Balaban J connectivity index is 3.01. The minimum absolute atomic E-state index is 0.201. The molecule has 0 bridgehead atoms. The number of rotatable bonds is 5. The molecule has 1 unspecified atom stereocenters. The molecule has 17 heavy (non-hydrogen) atoms. The lowest BCUT2D eigenvalue weighted by atomic mass is 9.94. The zero-order valence-corrected chi connectivity index (χ0v) is 11.2. The average molecular weight is 296 g/mol. The number of ether oxygens (including phenoxy) is 1. The fraction of sp³-hybridized carbons (Fsp3) is 0.308. The van der Waals surface area contributed by atoms with Crippen molar-refractivity contribution in [2.24, 2.45) is 0 Å². The van der Waals surface area contributed by atoms with Crippen molar-refractivity contribution in [3.8, 4) is 0 Å². The van der Waals surface area contributed by atoms with Crippen LogP contribution in [0.15, 0.2) is 35.9 Å². The Labute approximate surface area is 109 Å². The molecule has 90 valence electrons. The molecule has 1 N–H and O–H groups in total. The largest absolute Gasteiger partial charge is 0.462 e. The first-order valence-corrected chi connectivity index (χ1v) is 6.44. The van der Waals surface area contributed by atoms with Crippen LogP contribution < -0.4 is 0 Å². The molecule has 0 fully saturated rings. The Bertz CT molecular complexity index is 424. The molecule has 0 saturated heterocycles. The van der Waals surface area contributed by atoms with Crippen LogP contribution in [0.3, 0.4) is 0 Å². The fourth-order valence-electron chi connectivity index (χ4n) is 1.51. The third kappa shape index (κ3) is 3.55. The number of carbonyl (C=O) groups is 1. The van der Waals surface area contributed by atoms with Gasteiger partial charge >= 0.3 is 5.97 Å². The number of alkyl halides is 1. The number of esters is 1. The number of halogens is 1. The van der Waals surface area contributed by atoms with Crippen LogP contribution in [-0.4, -0.2) is 23.8 Å². The van der Waals surface area contributed by atoms with E-state index in [0.29, 0.717) is 11.9 Å². The van der Waals surface area contributed by atoms with Gasteiger partial charge in [-0.2, -0.15) is 0 Å². The summed E-state index contributed by atoms with van der Waals surface area (Å²) >= 11 is 3.36. The molecule has 0 amide bonds. The molecule has 1 rings (SSSR count). The van der Waals surface area contributed by atoms with Gasteiger partial charge in [-0.25, -0.2) is 4.79 Å². The van der Waals surface area contributed by atoms with Crippen molar-refractivity contribution in [2.75, 3.05) is 11.9 Å². The minimum atomic E-state index is -0.476. The first-order valence-electron chi connectivity index (χ1n) is 5.32. The second-order valence-electron chi connectivity index (χ2n) is 3.38. The third-order valence-electron chi connectivity index (χ3n) is 2.33. The predicted octanol–water partition coefficient (Wildman–Crippen LogP) is 2.90. The predicted molar refractivity (Wildman–Crippen MR) is 70.8 cm³/mol. The zero-order chi connectivity index (χ0) is 12.7. The van der Waals surface area contributed by atoms with Gasteiger partial charge in [-0.05, 0) is 18.4 Å². The van der Waals surface area contributed by atoms with Gasteiger partial charge in [0, 0.05) is 11.2 Å². The Morgan fingerprint density at radius 3 is 2.59 bits per heavy atom. The highest BCUT2D eigenvalue weighted by Gasteiger charge is 2.23. The Hall–Kier alpha value is -1.38. The molecular formula is C13H14BrNO2. The van der Waals surface area contributed by atoms with Crippen LogP contribution in [0, 0.1) is 5.41 Å². The molecule has 0 aliphatic heterocycles. The first-order chi connectivity index (χ1) is 8.24. The summed E-state index contributed by atoms with van der Waals surface area (Å²) in [5.74, 6) is 1.52. The highest BCUT2D eigenvalue weighted by atomic mass is 79.9. The molecule has 0 saturated carbocycles. The quantitative estimate of drug-likeness (QED) is 0.393. The van der Waals surface area contributed by atoms with E-state index >= 15 is 0 Å². The molecule has 0 radical (unpaired) electrons. The lowest BCUT2D eigenvalue weighted by Gasteiger charge is -2.15. The van der Waals surface area contributed by atoms with Crippen molar-refractivity contribution in [2.45, 2.75) is 12.8 Å². The number of nitrogens with one attached hydrogen (secondary N) is 1. The van der Waals surface area contributed by atoms with Crippen LogP contribution in [-0.2, 0) is 9.53 Å². The summed E-state index contributed by atoms with van der Waals surface area (Å²) in [6.45, 7) is 2.04. The lowest BCUT2D eigenvalue weighted by molar-refractivity contribution is -0.138. The van der Waals surface area contributed by atoms with Crippen LogP contribution in [0.4, 0.5) is 0 Å². The molecule has 0 aliphatic rings. The highest BCUT2D eigenvalue weighted by molar-refractivity contribution is 9.09. The van der Waals surface area contributed by atoms with Gasteiger partial charge in [0.05, 0.1) is 6.61 Å². The smallest absolute Gasteiger partial charge is 0.344 e. The van der Waals surface area contributed by atoms with Gasteiger partial charge in [0.15, 0.2) is 0 Å². The van der Waals surface area contributed by atoms with Gasteiger partial charge in [0.1, 0.15) is 5.57 Å². The maximum absolute atomic E-state index is 11.7. The molecule has 0 heterocycles. The topological polar surface area (TPSA) is 50.2 Å². The van der Waals surface area contributed by atoms with E-state index in [1.54, 1.807) is 6.92 Å². The SMILES string of the molecule is CCOC(=O)C(=C=N)C(CBr)c1ccccc1. The highest BCUT2D eigenvalue weighted by Crippen LogP contribution is 2.25. The second kappa shape index (κ2) is 7.05. The summed E-state index contributed by atoms with van der Waals surface area (Å²) < 4.78 is 4.92. The van der Waals surface area contributed by atoms with Gasteiger partial charge in [0.2, 0.25) is 0 Å². The Morgan fingerprint density at radius 2 is 2.12 bits per heavy atom. The monoisotopic (exact) mass is 295 g/mol. The summed E-state index contributed by atoms with van der Waals surface area (Å²) in [5, 5.41) is 7.80. The summed E-state index contributed by atoms with van der Waals surface area (Å²) in [4.78, 5) is 11.7. The molecule has 0 aliphatic carbocycles. The van der Waals surface area contributed by atoms with Gasteiger partial charge in [0.25, 0.3) is 0 Å². The number of hydrogen-bond acceptors (Lipinski definition) is 3. The van der Waals surface area contributed by atoms with Crippen LogP contribution in [0.5, 0.6) is 0 Å². The van der Waals surface area contributed by atoms with Crippen LogP contribution in [0.2, 0.25) is 0 Å². The molecule has 1 aromatic rings. The number of carbonyl (C=O) groups excluding carboxylic acids is 1. The molecule has 3 nitrogen and oxygen atoms in total. The first kappa shape index (κ1) is 13.7. The van der Waals surface area contributed by atoms with E-state index in [1.807, 2.05) is 30.3 Å². The number of hydrogen-bond donors (Lipinski definition) is 1. The third-order valence-corrected chi connectivity index (χ3v) is 2.98. The van der Waals surface area contributed by atoms with Gasteiger partial charge in [-0.3, -0.25) is 5.41 Å². The molecular weight excluding hydrogens is 282 g/mol. The molecule has 4 heteroatoms. The van der Waals surface area contributed by atoms with Crippen molar-refractivity contribution in [1.29, 1.82) is 5.41 Å². The maximum atomic E-state index is 11.7. The average Bonchev–Trinajstić information content (AvgIpc) is 2.37. The number of benzene rings is 1. The van der Waals surface area contributed by atoms with E-state index in [4.69, 9.17) is 10.1 Å². The lowest BCUT2D eigenvalue weighted by Crippen LogP contribution is -2.16. The second-order valence-corrected chi connectivity index (χ2v) is 4.02. The standard InChI is InChI=1S/C13H14BrNO2/c1-2-17-13(16)12(9-15)11(8-14)10-6-4-3-5-7-10/h3-7,11,15H,2,8H2,1H3. The van der Waals surface area contributed by atoms with E-state index in [2.05, 4.69) is 21.8 Å². The van der Waals surface area contributed by atoms with Gasteiger partial charge in [-0.1, -0.05) is 46.3 Å². The normalized spacial score (nSPS) is 11.4. The summed E-state index contributed by atoms with van der Waals surface area (Å²) in [7, 11) is 0. The molecule has 1 atom stereocenters. The Kier molecular flexibility index (Phi) is 5.67. The van der Waals surface area contributed by atoms with Crippen LogP contribution in [0.1, 0.15) is 18.4 Å². The van der Waals surface area contributed by atoms with Crippen LogP contribution in [0.25, 0.3) is 0 Å². The van der Waals surface area contributed by atoms with Gasteiger partial charge < -0.3 is 4.74 Å². The van der Waals surface area contributed by atoms with Crippen molar-refractivity contribution < 1.29 is 9.53 Å². The van der Waals surface area contributed by atoms with Gasteiger partial charge in [-0.15, -0.1) is 0 Å². The molecule has 1 aromatic carbocycles. The van der Waals surface area contributed by atoms with E-state index in [0.717, 1.165) is 5.56 Å². The van der Waals surface area contributed by atoms with Crippen molar-refractivity contribution in [3.63, 3.8) is 0 Å². The summed E-state index contributed by atoms with van der Waals surface area (Å²) in [6, 6.07) is 9.55. The van der Waals surface area contributed by atoms with Crippen molar-refractivity contribution in [1.82, 2.24) is 0 Å². The van der Waals surface area contributed by atoms with E-state index in [1.165, 1.54) is 0 Å².